The highest BCUT2D eigenvalue weighted by Crippen LogP contribution is 2.31. The molecule has 2 atom stereocenters. The maximum atomic E-state index is 12.7. The Balaban J connectivity index is 1.51. The number of amides is 3. The Labute approximate surface area is 151 Å². The minimum absolute atomic E-state index is 0.101. The van der Waals surface area contributed by atoms with E-state index in [1.807, 2.05) is 6.07 Å². The Bertz CT molecular complexity index is 789. The smallest absolute Gasteiger partial charge is 0.255 e. The molecule has 2 saturated heterocycles. The maximum Gasteiger partial charge on any atom is 0.255 e. The largest absolute Gasteiger partial charge is 0.441 e. The van der Waals surface area contributed by atoms with Crippen molar-refractivity contribution in [1.29, 1.82) is 0 Å². The van der Waals surface area contributed by atoms with Gasteiger partial charge in [-0.2, -0.15) is 0 Å². The van der Waals surface area contributed by atoms with Crippen LogP contribution in [0.3, 0.4) is 0 Å². The molecule has 0 aromatic heterocycles. The molecular weight excluding hydrogens is 336 g/mol. The lowest BCUT2D eigenvalue weighted by Crippen LogP contribution is -2.52. The minimum Gasteiger partial charge on any atom is -0.441 e. The van der Waals surface area contributed by atoms with Crippen molar-refractivity contribution >= 4 is 17.7 Å². The average Bonchev–Trinajstić information content (AvgIpc) is 3.28. The average molecular weight is 359 g/mol. The monoisotopic (exact) mass is 359 g/mol. The number of piperidine rings is 1. The lowest BCUT2D eigenvalue weighted by Gasteiger charge is -2.29. The van der Waals surface area contributed by atoms with E-state index in [1.54, 1.807) is 12.1 Å². The molecular formula is C18H23N4O4+. The van der Waals surface area contributed by atoms with Gasteiger partial charge in [-0.25, -0.2) is 0 Å². The summed E-state index contributed by atoms with van der Waals surface area (Å²) < 4.78 is 6.86. The summed E-state index contributed by atoms with van der Waals surface area (Å²) in [4.78, 5) is 37.6. The van der Waals surface area contributed by atoms with Gasteiger partial charge in [0.1, 0.15) is 24.9 Å². The second-order valence-electron chi connectivity index (χ2n) is 7.45. The van der Waals surface area contributed by atoms with Crippen LogP contribution >= 0.6 is 0 Å². The van der Waals surface area contributed by atoms with E-state index in [4.69, 9.17) is 10.5 Å². The molecule has 3 aliphatic heterocycles. The number of rotatable bonds is 5. The standard InChI is InChI=1S/C18H22N4O4/c1-22(6-7-22)16(9-19)26-12-2-3-13-11(8-12)10-21(18(13)25)14-4-5-15(23)20-17(14)24/h2-3,8,14,16H,4-7,9-10,19H2,1H3/p+1. The molecule has 1 aromatic rings. The first kappa shape index (κ1) is 17.0. The van der Waals surface area contributed by atoms with Gasteiger partial charge in [0.25, 0.3) is 5.91 Å². The highest BCUT2D eigenvalue weighted by atomic mass is 16.5. The van der Waals surface area contributed by atoms with Gasteiger partial charge in [-0.3, -0.25) is 24.2 Å². The Morgan fingerprint density at radius 1 is 1.35 bits per heavy atom. The zero-order chi connectivity index (χ0) is 18.5. The van der Waals surface area contributed by atoms with Crippen LogP contribution in [-0.2, 0) is 16.1 Å². The lowest BCUT2D eigenvalue weighted by molar-refractivity contribution is -0.827. The summed E-state index contributed by atoms with van der Waals surface area (Å²) in [7, 11) is 2.11. The van der Waals surface area contributed by atoms with Gasteiger partial charge < -0.3 is 15.4 Å². The molecule has 1 aromatic carbocycles. The van der Waals surface area contributed by atoms with Gasteiger partial charge in [-0.1, -0.05) is 0 Å². The summed E-state index contributed by atoms with van der Waals surface area (Å²) in [6, 6.07) is 4.78. The molecule has 3 amide bonds. The van der Waals surface area contributed by atoms with Crippen molar-refractivity contribution < 1.29 is 23.6 Å². The molecule has 0 radical (unpaired) electrons. The van der Waals surface area contributed by atoms with E-state index in [0.717, 1.165) is 23.1 Å². The van der Waals surface area contributed by atoms with Crippen LogP contribution in [0.25, 0.3) is 0 Å². The zero-order valence-electron chi connectivity index (χ0n) is 14.7. The first-order valence-electron chi connectivity index (χ1n) is 8.90. The van der Waals surface area contributed by atoms with Gasteiger partial charge in [0.2, 0.25) is 18.0 Å². The fourth-order valence-electron chi connectivity index (χ4n) is 3.66. The predicted molar refractivity (Wildman–Crippen MR) is 91.9 cm³/mol. The predicted octanol–water partition coefficient (Wildman–Crippen LogP) is -0.429. The van der Waals surface area contributed by atoms with E-state index in [9.17, 15) is 14.4 Å². The van der Waals surface area contributed by atoms with Crippen LogP contribution in [0.15, 0.2) is 18.2 Å². The van der Waals surface area contributed by atoms with Crippen LogP contribution < -0.4 is 15.8 Å². The highest BCUT2D eigenvalue weighted by Gasteiger charge is 2.46. The molecule has 0 aliphatic carbocycles. The molecule has 3 aliphatic rings. The summed E-state index contributed by atoms with van der Waals surface area (Å²) in [5.74, 6) is -0.184. The summed E-state index contributed by atoms with van der Waals surface area (Å²) in [6.45, 7) is 2.87. The number of hydrogen-bond donors (Lipinski definition) is 2. The first-order valence-corrected chi connectivity index (χ1v) is 8.90. The Hall–Kier alpha value is -2.45. The quantitative estimate of drug-likeness (QED) is 0.422. The number of nitrogens with zero attached hydrogens (tertiary/aromatic N) is 2. The summed E-state index contributed by atoms with van der Waals surface area (Å²) >= 11 is 0. The summed E-state index contributed by atoms with van der Waals surface area (Å²) in [5, 5.41) is 2.31. The van der Waals surface area contributed by atoms with E-state index in [0.29, 0.717) is 30.8 Å². The van der Waals surface area contributed by atoms with E-state index in [-0.39, 0.29) is 24.5 Å². The minimum atomic E-state index is -0.601. The molecule has 3 N–H and O–H groups in total. The van der Waals surface area contributed by atoms with Crippen molar-refractivity contribution in [1.82, 2.24) is 10.2 Å². The third-order valence-corrected chi connectivity index (χ3v) is 5.59. The van der Waals surface area contributed by atoms with E-state index in [1.165, 1.54) is 4.90 Å². The number of imide groups is 1. The van der Waals surface area contributed by atoms with Crippen molar-refractivity contribution in [3.8, 4) is 5.75 Å². The van der Waals surface area contributed by atoms with Gasteiger partial charge in [-0.05, 0) is 30.2 Å². The third-order valence-electron chi connectivity index (χ3n) is 5.59. The fraction of sp³-hybridized carbons (Fsp3) is 0.500. The molecule has 0 spiro atoms. The SMILES string of the molecule is C[N+]1(C(CN)Oc2ccc3c(c2)CN(C2CCC(=O)NC2=O)C3=O)CC1. The van der Waals surface area contributed by atoms with Crippen LogP contribution in [0, 0.1) is 0 Å². The van der Waals surface area contributed by atoms with Gasteiger partial charge in [-0.15, -0.1) is 0 Å². The number of fused-ring (bicyclic) bond motifs is 1. The molecule has 4 rings (SSSR count). The van der Waals surface area contributed by atoms with Crippen molar-refractivity contribution in [3.63, 3.8) is 0 Å². The second-order valence-corrected chi connectivity index (χ2v) is 7.45. The zero-order valence-corrected chi connectivity index (χ0v) is 14.7. The molecule has 8 heteroatoms. The number of hydrogen-bond acceptors (Lipinski definition) is 5. The number of nitrogens with two attached hydrogens (primary N) is 1. The van der Waals surface area contributed by atoms with Crippen LogP contribution in [0.4, 0.5) is 0 Å². The van der Waals surface area contributed by atoms with Gasteiger partial charge in [0, 0.05) is 18.5 Å². The number of quaternary nitrogens is 1. The van der Waals surface area contributed by atoms with Gasteiger partial charge >= 0.3 is 0 Å². The van der Waals surface area contributed by atoms with Gasteiger partial charge in [0.15, 0.2) is 0 Å². The molecule has 26 heavy (non-hydrogen) atoms. The van der Waals surface area contributed by atoms with Crippen LogP contribution in [0.1, 0.15) is 28.8 Å². The van der Waals surface area contributed by atoms with Crippen molar-refractivity contribution in [2.24, 2.45) is 5.73 Å². The van der Waals surface area contributed by atoms with Crippen molar-refractivity contribution in [2.75, 3.05) is 26.7 Å². The molecule has 138 valence electrons. The number of ether oxygens (including phenoxy) is 1. The van der Waals surface area contributed by atoms with E-state index >= 15 is 0 Å². The first-order chi connectivity index (χ1) is 12.4. The number of carbonyl (C=O) groups is 3. The number of carbonyl (C=O) groups excluding carboxylic acids is 3. The number of benzene rings is 1. The fourth-order valence-corrected chi connectivity index (χ4v) is 3.66. The highest BCUT2D eigenvalue weighted by molar-refractivity contribution is 6.05. The Morgan fingerprint density at radius 3 is 2.77 bits per heavy atom. The molecule has 0 saturated carbocycles. The summed E-state index contributed by atoms with van der Waals surface area (Å²) in [6.07, 6.45) is 0.509. The molecule has 8 nitrogen and oxygen atoms in total. The normalized spacial score (nSPS) is 24.9. The topological polar surface area (TPSA) is 102 Å². The maximum absolute atomic E-state index is 12.7. The summed E-state index contributed by atoms with van der Waals surface area (Å²) in [5.41, 5.74) is 7.27. The Morgan fingerprint density at radius 2 is 2.12 bits per heavy atom. The molecule has 2 fully saturated rings. The second kappa shape index (κ2) is 6.07. The van der Waals surface area contributed by atoms with Gasteiger partial charge in [0.05, 0.1) is 13.6 Å². The molecule has 2 unspecified atom stereocenters. The van der Waals surface area contributed by atoms with Crippen LogP contribution in [0.2, 0.25) is 0 Å². The van der Waals surface area contributed by atoms with E-state index < -0.39 is 11.9 Å². The number of likely N-dealkylation sites (N-methyl/N-ethyl adjacent to an activating group) is 1. The molecule has 3 heterocycles. The van der Waals surface area contributed by atoms with E-state index in [2.05, 4.69) is 12.4 Å². The molecule has 0 bridgehead atoms. The van der Waals surface area contributed by atoms with Crippen LogP contribution in [-0.4, -0.2) is 66.1 Å². The third kappa shape index (κ3) is 2.85. The van der Waals surface area contributed by atoms with Crippen molar-refractivity contribution in [2.45, 2.75) is 31.7 Å². The lowest BCUT2D eigenvalue weighted by atomic mass is 10.0. The van der Waals surface area contributed by atoms with Crippen LogP contribution in [0.5, 0.6) is 5.75 Å². The number of nitrogens with one attached hydrogen (secondary N) is 1. The Kier molecular flexibility index (Phi) is 3.96. The van der Waals surface area contributed by atoms with Crippen molar-refractivity contribution in [3.05, 3.63) is 29.3 Å².